The number of hydrogen-bond acceptors (Lipinski definition) is 4. The molecule has 0 aliphatic heterocycles. The summed E-state index contributed by atoms with van der Waals surface area (Å²) in [6, 6.07) is 15.2. The molecule has 0 aliphatic carbocycles. The van der Waals surface area contributed by atoms with Gasteiger partial charge in [-0.15, -0.1) is 11.3 Å². The van der Waals surface area contributed by atoms with Crippen LogP contribution in [0.15, 0.2) is 48.5 Å². The number of carbonyl (C=O) groups excluding carboxylic acids is 2. The second kappa shape index (κ2) is 9.67. The van der Waals surface area contributed by atoms with Gasteiger partial charge in [-0.3, -0.25) is 9.59 Å². The van der Waals surface area contributed by atoms with Crippen LogP contribution in [0.25, 0.3) is 11.3 Å². The number of carbonyl (C=O) groups is 2. The summed E-state index contributed by atoms with van der Waals surface area (Å²) in [5, 5.41) is 6.72. The molecule has 3 aromatic rings. The van der Waals surface area contributed by atoms with Crippen molar-refractivity contribution in [1.29, 1.82) is 0 Å². The molecule has 30 heavy (non-hydrogen) atoms. The lowest BCUT2D eigenvalue weighted by Crippen LogP contribution is -2.28. The van der Waals surface area contributed by atoms with Crippen LogP contribution in [-0.2, 0) is 11.2 Å². The van der Waals surface area contributed by atoms with Crippen LogP contribution < -0.4 is 10.6 Å². The van der Waals surface area contributed by atoms with E-state index in [9.17, 15) is 9.59 Å². The van der Waals surface area contributed by atoms with Crippen LogP contribution in [0.5, 0.6) is 0 Å². The van der Waals surface area contributed by atoms with E-state index >= 15 is 0 Å². The molecular weight excluding hydrogens is 394 g/mol. The van der Waals surface area contributed by atoms with Crippen LogP contribution in [-0.4, -0.2) is 23.3 Å². The Bertz CT molecular complexity index is 1040. The summed E-state index contributed by atoms with van der Waals surface area (Å²) in [6.45, 7) is 8.64. The highest BCUT2D eigenvalue weighted by atomic mass is 32.1. The number of nitrogens with one attached hydrogen (secondary N) is 2. The van der Waals surface area contributed by atoms with Crippen molar-refractivity contribution in [2.75, 3.05) is 11.9 Å². The summed E-state index contributed by atoms with van der Waals surface area (Å²) < 4.78 is 0. The highest BCUT2D eigenvalue weighted by Gasteiger charge is 2.17. The fourth-order valence-corrected chi connectivity index (χ4v) is 4.01. The van der Waals surface area contributed by atoms with Gasteiger partial charge in [-0.2, -0.15) is 0 Å². The molecule has 0 fully saturated rings. The number of rotatable bonds is 7. The molecule has 0 radical (unpaired) electrons. The van der Waals surface area contributed by atoms with Gasteiger partial charge in [-0.25, -0.2) is 4.98 Å². The smallest absolute Gasteiger partial charge is 0.253 e. The lowest BCUT2D eigenvalue weighted by molar-refractivity contribution is -0.115. The molecule has 2 N–H and O–H groups in total. The summed E-state index contributed by atoms with van der Waals surface area (Å²) in [7, 11) is 0. The van der Waals surface area contributed by atoms with Crippen molar-refractivity contribution in [3.8, 4) is 11.3 Å². The van der Waals surface area contributed by atoms with Gasteiger partial charge in [0.25, 0.3) is 5.91 Å². The average Bonchev–Trinajstić information content (AvgIpc) is 3.07. The molecule has 0 atom stereocenters. The van der Waals surface area contributed by atoms with E-state index in [4.69, 9.17) is 0 Å². The number of amides is 2. The third-order valence-corrected chi connectivity index (χ3v) is 5.54. The van der Waals surface area contributed by atoms with E-state index in [2.05, 4.69) is 15.6 Å². The van der Waals surface area contributed by atoms with Gasteiger partial charge >= 0.3 is 0 Å². The average molecular weight is 422 g/mol. The number of anilines is 1. The topological polar surface area (TPSA) is 71.1 Å². The normalized spacial score (nSPS) is 10.8. The highest BCUT2D eigenvalue weighted by Crippen LogP contribution is 2.29. The van der Waals surface area contributed by atoms with E-state index in [0.717, 1.165) is 21.1 Å². The Morgan fingerprint density at radius 2 is 1.73 bits per heavy atom. The molecule has 5 nitrogen and oxygen atoms in total. The quantitative estimate of drug-likeness (QED) is 0.564. The van der Waals surface area contributed by atoms with Crippen LogP contribution in [0.1, 0.15) is 39.7 Å². The van der Waals surface area contributed by atoms with E-state index in [1.807, 2.05) is 58.0 Å². The Hall–Kier alpha value is -2.99. The van der Waals surface area contributed by atoms with Gasteiger partial charge in [-0.05, 0) is 31.9 Å². The Labute approximate surface area is 181 Å². The van der Waals surface area contributed by atoms with Crippen molar-refractivity contribution < 1.29 is 9.59 Å². The molecule has 0 spiro atoms. The molecule has 0 unspecified atom stereocenters. The lowest BCUT2D eigenvalue weighted by atomic mass is 10.1. The molecular formula is C24H27N3O2S. The van der Waals surface area contributed by atoms with Gasteiger partial charge in [-0.1, -0.05) is 55.8 Å². The maximum absolute atomic E-state index is 12.8. The summed E-state index contributed by atoms with van der Waals surface area (Å²) in [4.78, 5) is 30.9. The number of hydrogen-bond donors (Lipinski definition) is 2. The summed E-state index contributed by atoms with van der Waals surface area (Å²) in [5.41, 5.74) is 4.00. The zero-order valence-corrected chi connectivity index (χ0v) is 18.6. The zero-order chi connectivity index (χ0) is 21.7. The Balaban J connectivity index is 1.76. The number of benzene rings is 2. The van der Waals surface area contributed by atoms with Crippen LogP contribution in [0.4, 0.5) is 5.69 Å². The van der Waals surface area contributed by atoms with Crippen LogP contribution >= 0.6 is 11.3 Å². The van der Waals surface area contributed by atoms with E-state index < -0.39 is 0 Å². The van der Waals surface area contributed by atoms with Crippen molar-refractivity contribution in [2.45, 2.75) is 34.1 Å². The number of thiazole rings is 1. The first-order chi connectivity index (χ1) is 14.3. The van der Waals surface area contributed by atoms with Crippen LogP contribution in [0, 0.1) is 19.8 Å². The standard InChI is InChI=1S/C24H27N3O2S/c1-15(2)14-25-24(29)19-7-5-6-8-20(19)27-22(28)13-21-23(26-17(4)30-21)18-11-9-16(3)10-12-18/h5-12,15H,13-14H2,1-4H3,(H,25,29)(H,27,28). The fraction of sp³-hybridized carbons (Fsp3) is 0.292. The largest absolute Gasteiger partial charge is 0.352 e. The molecule has 1 aromatic heterocycles. The SMILES string of the molecule is Cc1ccc(-c2nc(C)sc2CC(=O)Nc2ccccc2C(=O)NCC(C)C)cc1. The Kier molecular flexibility index (Phi) is 7.00. The molecule has 2 aromatic carbocycles. The molecule has 0 aliphatic rings. The van der Waals surface area contributed by atoms with Crippen LogP contribution in [0.3, 0.4) is 0 Å². The van der Waals surface area contributed by atoms with Gasteiger partial charge in [0.15, 0.2) is 0 Å². The first-order valence-corrected chi connectivity index (χ1v) is 10.9. The second-order valence-corrected chi connectivity index (χ2v) is 9.03. The minimum Gasteiger partial charge on any atom is -0.352 e. The first-order valence-electron chi connectivity index (χ1n) is 10.0. The molecule has 0 bridgehead atoms. The van der Waals surface area contributed by atoms with Crippen molar-refractivity contribution in [3.05, 3.63) is 69.5 Å². The third-order valence-electron chi connectivity index (χ3n) is 4.57. The minimum absolute atomic E-state index is 0.170. The van der Waals surface area contributed by atoms with Crippen molar-refractivity contribution in [3.63, 3.8) is 0 Å². The van der Waals surface area contributed by atoms with Crippen molar-refractivity contribution >= 4 is 28.8 Å². The number of nitrogens with zero attached hydrogens (tertiary/aromatic N) is 1. The van der Waals surface area contributed by atoms with Gasteiger partial charge in [0, 0.05) is 17.0 Å². The number of aryl methyl sites for hydroxylation is 2. The summed E-state index contributed by atoms with van der Waals surface area (Å²) in [6.07, 6.45) is 0.205. The monoisotopic (exact) mass is 421 g/mol. The predicted molar refractivity (Wildman–Crippen MR) is 123 cm³/mol. The molecule has 156 valence electrons. The number of aromatic nitrogens is 1. The van der Waals surface area contributed by atoms with E-state index in [1.54, 1.807) is 18.2 Å². The maximum Gasteiger partial charge on any atom is 0.253 e. The highest BCUT2D eigenvalue weighted by molar-refractivity contribution is 7.12. The molecule has 1 heterocycles. The maximum atomic E-state index is 12.8. The lowest BCUT2D eigenvalue weighted by Gasteiger charge is -2.12. The summed E-state index contributed by atoms with van der Waals surface area (Å²) in [5.74, 6) is -0.00447. The van der Waals surface area contributed by atoms with Crippen molar-refractivity contribution in [1.82, 2.24) is 10.3 Å². The van der Waals surface area contributed by atoms with Gasteiger partial charge in [0.05, 0.1) is 28.4 Å². The van der Waals surface area contributed by atoms with E-state index in [1.165, 1.54) is 16.9 Å². The van der Waals surface area contributed by atoms with E-state index in [0.29, 0.717) is 23.7 Å². The molecule has 0 saturated carbocycles. The first kappa shape index (κ1) is 21.7. The summed E-state index contributed by atoms with van der Waals surface area (Å²) >= 11 is 1.52. The van der Waals surface area contributed by atoms with Gasteiger partial charge in [0.2, 0.25) is 5.91 Å². The van der Waals surface area contributed by atoms with E-state index in [-0.39, 0.29) is 18.2 Å². The zero-order valence-electron chi connectivity index (χ0n) is 17.8. The van der Waals surface area contributed by atoms with Gasteiger partial charge in [0.1, 0.15) is 0 Å². The Morgan fingerprint density at radius 3 is 2.43 bits per heavy atom. The second-order valence-electron chi connectivity index (χ2n) is 7.75. The van der Waals surface area contributed by atoms with Crippen LogP contribution in [0.2, 0.25) is 0 Å². The van der Waals surface area contributed by atoms with Gasteiger partial charge < -0.3 is 10.6 Å². The molecule has 3 rings (SSSR count). The third kappa shape index (κ3) is 5.54. The van der Waals surface area contributed by atoms with Crippen molar-refractivity contribution in [2.24, 2.45) is 5.92 Å². The molecule has 2 amide bonds. The predicted octanol–water partition coefficient (Wildman–Crippen LogP) is 4.99. The number of para-hydroxylation sites is 1. The molecule has 0 saturated heterocycles. The Morgan fingerprint density at radius 1 is 1.03 bits per heavy atom. The fourth-order valence-electron chi connectivity index (χ4n) is 3.05. The molecule has 6 heteroatoms. The minimum atomic E-state index is -0.187.